The van der Waals surface area contributed by atoms with Crippen LogP contribution in [0.1, 0.15) is 22.3 Å². The van der Waals surface area contributed by atoms with E-state index in [2.05, 4.69) is 4.74 Å². The molecule has 5 heteroatoms. The molecule has 1 heterocycles. The maximum absolute atomic E-state index is 12.4. The molecule has 1 atom stereocenters. The van der Waals surface area contributed by atoms with E-state index < -0.39 is 0 Å². The molecule has 0 N–H and O–H groups in total. The summed E-state index contributed by atoms with van der Waals surface area (Å²) in [4.78, 5) is 25.4. The van der Waals surface area contributed by atoms with Gasteiger partial charge in [-0.1, -0.05) is 18.2 Å². The molecule has 0 aliphatic carbocycles. The maximum Gasteiger partial charge on any atom is 0.315 e. The van der Waals surface area contributed by atoms with Crippen molar-refractivity contribution in [3.8, 4) is 0 Å². The van der Waals surface area contributed by atoms with Gasteiger partial charge >= 0.3 is 5.97 Å². The van der Waals surface area contributed by atoms with Crippen molar-refractivity contribution in [3.05, 3.63) is 35.4 Å². The lowest BCUT2D eigenvalue weighted by Gasteiger charge is -2.17. The average molecular weight is 293 g/mol. The molecule has 1 fully saturated rings. The summed E-state index contributed by atoms with van der Waals surface area (Å²) in [5.41, 5.74) is 1.77. The summed E-state index contributed by atoms with van der Waals surface area (Å²) >= 11 is 1.57. The number of likely N-dealkylation sites (tertiary alicyclic amines) is 1. The first-order chi connectivity index (χ1) is 9.61. The summed E-state index contributed by atoms with van der Waals surface area (Å²) in [6, 6.07) is 7.64. The molecule has 20 heavy (non-hydrogen) atoms. The monoisotopic (exact) mass is 293 g/mol. The van der Waals surface area contributed by atoms with E-state index in [4.69, 9.17) is 0 Å². The van der Waals surface area contributed by atoms with Crippen LogP contribution in [-0.2, 0) is 9.53 Å². The Balaban J connectivity index is 1.91. The summed E-state index contributed by atoms with van der Waals surface area (Å²) in [6.07, 6.45) is 0.930. The fraction of sp³-hybridized carbons (Fsp3) is 0.467. The van der Waals surface area contributed by atoms with Gasteiger partial charge in [-0.05, 0) is 25.0 Å². The van der Waals surface area contributed by atoms with Crippen LogP contribution in [0.5, 0.6) is 0 Å². The number of aryl methyl sites for hydroxylation is 1. The molecule has 1 amide bonds. The number of ether oxygens (including phenoxy) is 1. The number of carbonyl (C=O) groups is 2. The van der Waals surface area contributed by atoms with Crippen molar-refractivity contribution < 1.29 is 14.3 Å². The molecule has 1 saturated heterocycles. The molecule has 0 radical (unpaired) electrons. The summed E-state index contributed by atoms with van der Waals surface area (Å²) in [6.45, 7) is 3.41. The number of carbonyl (C=O) groups excluding carboxylic acids is 2. The summed E-state index contributed by atoms with van der Waals surface area (Å²) < 4.78 is 4.63. The van der Waals surface area contributed by atoms with Gasteiger partial charge in [0, 0.05) is 23.9 Å². The molecule has 4 nitrogen and oxygen atoms in total. The lowest BCUT2D eigenvalue weighted by Crippen LogP contribution is -2.29. The Kier molecular flexibility index (Phi) is 5.06. The van der Waals surface area contributed by atoms with Crippen molar-refractivity contribution >= 4 is 23.6 Å². The summed E-state index contributed by atoms with van der Waals surface area (Å²) in [7, 11) is 1.39. The maximum atomic E-state index is 12.4. The van der Waals surface area contributed by atoms with Gasteiger partial charge in [-0.3, -0.25) is 9.59 Å². The van der Waals surface area contributed by atoms with E-state index in [-0.39, 0.29) is 11.9 Å². The highest BCUT2D eigenvalue weighted by Gasteiger charge is 2.28. The molecular weight excluding hydrogens is 274 g/mol. The zero-order valence-electron chi connectivity index (χ0n) is 11.8. The Morgan fingerprint density at radius 2 is 2.15 bits per heavy atom. The topological polar surface area (TPSA) is 46.6 Å². The number of hydrogen-bond acceptors (Lipinski definition) is 4. The minimum atomic E-state index is -0.210. The Hall–Kier alpha value is -1.49. The molecule has 0 bridgehead atoms. The van der Waals surface area contributed by atoms with Crippen molar-refractivity contribution in [3.63, 3.8) is 0 Å². The number of amides is 1. The SMILES string of the molecule is COC(=O)CS[C@@H]1CCN(C(=O)c2ccccc2C)C1. The third kappa shape index (κ3) is 3.54. The number of thioether (sulfide) groups is 1. The standard InChI is InChI=1S/C15H19NO3S/c1-11-5-3-4-6-13(11)15(18)16-8-7-12(9-16)20-10-14(17)19-2/h3-6,12H,7-10H2,1-2H3/t12-/m1/s1. The fourth-order valence-electron chi connectivity index (χ4n) is 2.28. The zero-order chi connectivity index (χ0) is 14.5. The highest BCUT2D eigenvalue weighted by atomic mass is 32.2. The van der Waals surface area contributed by atoms with Gasteiger partial charge in [-0.25, -0.2) is 0 Å². The predicted molar refractivity (Wildman–Crippen MR) is 80.0 cm³/mol. The highest BCUT2D eigenvalue weighted by molar-refractivity contribution is 8.00. The van der Waals surface area contributed by atoms with Crippen molar-refractivity contribution in [1.82, 2.24) is 4.90 Å². The number of nitrogens with zero attached hydrogens (tertiary/aromatic N) is 1. The second-order valence-electron chi connectivity index (χ2n) is 4.86. The molecular formula is C15H19NO3S. The van der Waals surface area contributed by atoms with E-state index in [1.165, 1.54) is 7.11 Å². The third-order valence-corrected chi connectivity index (χ3v) is 4.73. The van der Waals surface area contributed by atoms with Crippen LogP contribution in [0.25, 0.3) is 0 Å². The first-order valence-corrected chi connectivity index (χ1v) is 7.70. The van der Waals surface area contributed by atoms with Crippen molar-refractivity contribution in [1.29, 1.82) is 0 Å². The number of hydrogen-bond donors (Lipinski definition) is 0. The number of rotatable bonds is 4. The minimum Gasteiger partial charge on any atom is -0.468 e. The van der Waals surface area contributed by atoms with Gasteiger partial charge in [0.1, 0.15) is 0 Å². The van der Waals surface area contributed by atoms with Crippen LogP contribution in [-0.4, -0.2) is 48.0 Å². The molecule has 0 aromatic heterocycles. The van der Waals surface area contributed by atoms with Crippen LogP contribution in [0.15, 0.2) is 24.3 Å². The van der Waals surface area contributed by atoms with E-state index in [0.29, 0.717) is 17.5 Å². The normalized spacial score (nSPS) is 18.1. The van der Waals surface area contributed by atoms with Crippen molar-refractivity contribution in [2.24, 2.45) is 0 Å². The second-order valence-corrected chi connectivity index (χ2v) is 6.15. The minimum absolute atomic E-state index is 0.0873. The van der Waals surface area contributed by atoms with Gasteiger partial charge in [0.05, 0.1) is 12.9 Å². The quantitative estimate of drug-likeness (QED) is 0.798. The van der Waals surface area contributed by atoms with Crippen LogP contribution >= 0.6 is 11.8 Å². The predicted octanol–water partition coefficient (Wildman–Crippen LogP) is 2.12. The van der Waals surface area contributed by atoms with Crippen molar-refractivity contribution in [2.75, 3.05) is 26.0 Å². The molecule has 0 saturated carbocycles. The van der Waals surface area contributed by atoms with Gasteiger partial charge in [-0.2, -0.15) is 0 Å². The lowest BCUT2D eigenvalue weighted by atomic mass is 10.1. The van der Waals surface area contributed by atoms with E-state index in [1.54, 1.807) is 11.8 Å². The van der Waals surface area contributed by atoms with Crippen LogP contribution in [0.4, 0.5) is 0 Å². The van der Waals surface area contributed by atoms with Crippen molar-refractivity contribution in [2.45, 2.75) is 18.6 Å². The van der Waals surface area contributed by atoms with Crippen LogP contribution in [0.2, 0.25) is 0 Å². The first kappa shape index (κ1) is 14.9. The Bertz CT molecular complexity index is 504. The zero-order valence-corrected chi connectivity index (χ0v) is 12.6. The molecule has 1 aromatic carbocycles. The molecule has 1 aliphatic rings. The largest absolute Gasteiger partial charge is 0.468 e. The fourth-order valence-corrected chi connectivity index (χ4v) is 3.32. The molecule has 1 aromatic rings. The second kappa shape index (κ2) is 6.79. The molecule has 2 rings (SSSR count). The van der Waals surface area contributed by atoms with Gasteiger partial charge in [0.15, 0.2) is 0 Å². The number of benzene rings is 1. The highest BCUT2D eigenvalue weighted by Crippen LogP contribution is 2.24. The molecule has 1 aliphatic heterocycles. The van der Waals surface area contributed by atoms with Gasteiger partial charge in [0.2, 0.25) is 0 Å². The van der Waals surface area contributed by atoms with Gasteiger partial charge in [-0.15, -0.1) is 11.8 Å². The van der Waals surface area contributed by atoms with Gasteiger partial charge in [0.25, 0.3) is 5.91 Å². The third-order valence-electron chi connectivity index (χ3n) is 3.47. The van der Waals surface area contributed by atoms with E-state index in [1.807, 2.05) is 36.1 Å². The van der Waals surface area contributed by atoms with Gasteiger partial charge < -0.3 is 9.64 Å². The average Bonchev–Trinajstić information content (AvgIpc) is 2.93. The molecule has 108 valence electrons. The Morgan fingerprint density at radius 3 is 2.85 bits per heavy atom. The first-order valence-electron chi connectivity index (χ1n) is 6.65. The summed E-state index contributed by atoms with van der Waals surface area (Å²) in [5, 5.41) is 0.321. The smallest absolute Gasteiger partial charge is 0.315 e. The van der Waals surface area contributed by atoms with E-state index in [0.717, 1.165) is 24.1 Å². The van der Waals surface area contributed by atoms with Crippen LogP contribution < -0.4 is 0 Å². The molecule has 0 spiro atoms. The Labute approximate surface area is 123 Å². The van der Waals surface area contributed by atoms with E-state index in [9.17, 15) is 9.59 Å². The van der Waals surface area contributed by atoms with E-state index >= 15 is 0 Å². The number of methoxy groups -OCH3 is 1. The van der Waals surface area contributed by atoms with Crippen LogP contribution in [0, 0.1) is 6.92 Å². The lowest BCUT2D eigenvalue weighted by molar-refractivity contribution is -0.137. The van der Waals surface area contributed by atoms with Crippen LogP contribution in [0.3, 0.4) is 0 Å². The Morgan fingerprint density at radius 1 is 1.40 bits per heavy atom. The summed E-state index contributed by atoms with van der Waals surface area (Å²) in [5.74, 6) is 0.232. The number of esters is 1. The molecule has 0 unspecified atom stereocenters.